The molecule has 1 aromatic rings. The quantitative estimate of drug-likeness (QED) is 0.777. The molecule has 1 atom stereocenters. The summed E-state index contributed by atoms with van der Waals surface area (Å²) in [4.78, 5) is 11.6. The van der Waals surface area contributed by atoms with Gasteiger partial charge in [-0.05, 0) is 18.9 Å². The summed E-state index contributed by atoms with van der Waals surface area (Å²) >= 11 is 0. The Bertz CT molecular complexity index is 330. The molecule has 1 unspecified atom stereocenters. The minimum absolute atomic E-state index is 0.208. The SMILES string of the molecule is CCCC(C)(O)C(=O)OCc1ccccc1. The first-order chi connectivity index (χ1) is 7.56. The van der Waals surface area contributed by atoms with Gasteiger partial charge in [0, 0.05) is 0 Å². The standard InChI is InChI=1S/C13H18O3/c1-3-9-13(2,15)12(14)16-10-11-7-5-4-6-8-11/h4-8,15H,3,9-10H2,1-2H3. The molecular weight excluding hydrogens is 204 g/mol. The topological polar surface area (TPSA) is 46.5 Å². The van der Waals surface area contributed by atoms with Crippen molar-refractivity contribution >= 4 is 5.97 Å². The van der Waals surface area contributed by atoms with Crippen LogP contribution in [-0.2, 0) is 16.1 Å². The summed E-state index contributed by atoms with van der Waals surface area (Å²) in [7, 11) is 0. The minimum Gasteiger partial charge on any atom is -0.459 e. The smallest absolute Gasteiger partial charge is 0.338 e. The number of carbonyl (C=O) groups excluding carboxylic acids is 1. The van der Waals surface area contributed by atoms with Gasteiger partial charge in [-0.1, -0.05) is 43.7 Å². The summed E-state index contributed by atoms with van der Waals surface area (Å²) in [5, 5.41) is 9.79. The highest BCUT2D eigenvalue weighted by Gasteiger charge is 2.30. The first-order valence-electron chi connectivity index (χ1n) is 5.50. The van der Waals surface area contributed by atoms with Gasteiger partial charge >= 0.3 is 5.97 Å². The highest BCUT2D eigenvalue weighted by molar-refractivity contribution is 5.78. The first-order valence-corrected chi connectivity index (χ1v) is 5.50. The molecule has 0 aliphatic heterocycles. The molecule has 3 heteroatoms. The fourth-order valence-electron chi connectivity index (χ4n) is 1.47. The Morgan fingerprint density at radius 3 is 2.56 bits per heavy atom. The molecular formula is C13H18O3. The molecule has 0 saturated heterocycles. The maximum atomic E-state index is 11.6. The Kier molecular flexibility index (Phi) is 4.50. The van der Waals surface area contributed by atoms with E-state index >= 15 is 0 Å². The molecule has 1 aromatic carbocycles. The van der Waals surface area contributed by atoms with Crippen LogP contribution in [0, 0.1) is 0 Å². The van der Waals surface area contributed by atoms with Crippen molar-refractivity contribution in [1.29, 1.82) is 0 Å². The fraction of sp³-hybridized carbons (Fsp3) is 0.462. The van der Waals surface area contributed by atoms with Crippen LogP contribution in [0.5, 0.6) is 0 Å². The number of ether oxygens (including phenoxy) is 1. The first kappa shape index (κ1) is 12.7. The van der Waals surface area contributed by atoms with Gasteiger partial charge in [-0.3, -0.25) is 0 Å². The Hall–Kier alpha value is -1.35. The molecule has 3 nitrogen and oxygen atoms in total. The molecule has 0 radical (unpaired) electrons. The van der Waals surface area contributed by atoms with E-state index in [0.717, 1.165) is 12.0 Å². The molecule has 0 fully saturated rings. The van der Waals surface area contributed by atoms with Crippen LogP contribution in [-0.4, -0.2) is 16.7 Å². The average Bonchev–Trinajstić information content (AvgIpc) is 2.27. The normalized spacial score (nSPS) is 14.2. The zero-order chi connectivity index (χ0) is 12.0. The van der Waals surface area contributed by atoms with Crippen molar-refractivity contribution in [2.75, 3.05) is 0 Å². The second-order valence-electron chi connectivity index (χ2n) is 4.09. The lowest BCUT2D eigenvalue weighted by Crippen LogP contribution is -2.36. The number of rotatable bonds is 5. The zero-order valence-corrected chi connectivity index (χ0v) is 9.77. The third-order valence-electron chi connectivity index (χ3n) is 2.39. The van der Waals surface area contributed by atoms with Crippen molar-refractivity contribution in [3.8, 4) is 0 Å². The number of esters is 1. The van der Waals surface area contributed by atoms with Crippen LogP contribution in [0.2, 0.25) is 0 Å². The van der Waals surface area contributed by atoms with Gasteiger partial charge in [0.1, 0.15) is 6.61 Å². The van der Waals surface area contributed by atoms with E-state index in [-0.39, 0.29) is 6.61 Å². The van der Waals surface area contributed by atoms with Crippen LogP contribution in [0.3, 0.4) is 0 Å². The van der Waals surface area contributed by atoms with Gasteiger partial charge in [0.25, 0.3) is 0 Å². The zero-order valence-electron chi connectivity index (χ0n) is 9.77. The fourth-order valence-corrected chi connectivity index (χ4v) is 1.47. The van der Waals surface area contributed by atoms with Crippen LogP contribution in [0.25, 0.3) is 0 Å². The Morgan fingerprint density at radius 2 is 2.00 bits per heavy atom. The van der Waals surface area contributed by atoms with Crippen molar-refractivity contribution in [3.63, 3.8) is 0 Å². The van der Waals surface area contributed by atoms with Crippen LogP contribution < -0.4 is 0 Å². The highest BCUT2D eigenvalue weighted by atomic mass is 16.5. The monoisotopic (exact) mass is 222 g/mol. The van der Waals surface area contributed by atoms with Gasteiger partial charge in [0.15, 0.2) is 5.60 Å². The molecule has 0 amide bonds. The Balaban J connectivity index is 2.47. The van der Waals surface area contributed by atoms with Crippen molar-refractivity contribution in [3.05, 3.63) is 35.9 Å². The van der Waals surface area contributed by atoms with Gasteiger partial charge in [-0.15, -0.1) is 0 Å². The third-order valence-corrected chi connectivity index (χ3v) is 2.39. The average molecular weight is 222 g/mol. The number of hydrogen-bond donors (Lipinski definition) is 1. The number of aliphatic hydroxyl groups is 1. The van der Waals surface area contributed by atoms with Crippen LogP contribution in [0.15, 0.2) is 30.3 Å². The maximum absolute atomic E-state index is 11.6. The van der Waals surface area contributed by atoms with Gasteiger partial charge < -0.3 is 9.84 Å². The molecule has 0 saturated carbocycles. The predicted octanol–water partition coefficient (Wildman–Crippen LogP) is 2.28. The van der Waals surface area contributed by atoms with Gasteiger partial charge in [-0.25, -0.2) is 4.79 Å². The summed E-state index contributed by atoms with van der Waals surface area (Å²) in [5.41, 5.74) is -0.452. The Labute approximate surface area is 96.1 Å². The summed E-state index contributed by atoms with van der Waals surface area (Å²) in [6.07, 6.45) is 1.16. The van der Waals surface area contributed by atoms with E-state index in [9.17, 15) is 9.90 Å². The summed E-state index contributed by atoms with van der Waals surface area (Å²) < 4.78 is 5.06. The van der Waals surface area contributed by atoms with Crippen LogP contribution in [0.1, 0.15) is 32.3 Å². The molecule has 0 aliphatic carbocycles. The lowest BCUT2D eigenvalue weighted by atomic mass is 10.0. The molecule has 88 valence electrons. The summed E-state index contributed by atoms with van der Waals surface area (Å²) in [6, 6.07) is 9.42. The number of carbonyl (C=O) groups is 1. The van der Waals surface area contributed by atoms with Gasteiger partial charge in [0.05, 0.1) is 0 Å². The number of hydrogen-bond acceptors (Lipinski definition) is 3. The number of benzene rings is 1. The van der Waals surface area contributed by atoms with E-state index in [2.05, 4.69) is 0 Å². The van der Waals surface area contributed by atoms with Crippen LogP contribution in [0.4, 0.5) is 0 Å². The minimum atomic E-state index is -1.37. The second-order valence-corrected chi connectivity index (χ2v) is 4.09. The van der Waals surface area contributed by atoms with E-state index < -0.39 is 11.6 Å². The highest BCUT2D eigenvalue weighted by Crippen LogP contribution is 2.14. The second kappa shape index (κ2) is 5.66. The molecule has 16 heavy (non-hydrogen) atoms. The molecule has 1 rings (SSSR count). The lowest BCUT2D eigenvalue weighted by molar-refractivity contribution is -0.165. The van der Waals surface area contributed by atoms with E-state index in [1.807, 2.05) is 37.3 Å². The van der Waals surface area contributed by atoms with Crippen molar-refractivity contribution < 1.29 is 14.6 Å². The lowest BCUT2D eigenvalue weighted by Gasteiger charge is -2.20. The third kappa shape index (κ3) is 3.66. The van der Waals surface area contributed by atoms with Crippen molar-refractivity contribution in [2.24, 2.45) is 0 Å². The van der Waals surface area contributed by atoms with E-state index in [1.54, 1.807) is 0 Å². The maximum Gasteiger partial charge on any atom is 0.338 e. The van der Waals surface area contributed by atoms with Crippen molar-refractivity contribution in [1.82, 2.24) is 0 Å². The molecule has 0 aromatic heterocycles. The van der Waals surface area contributed by atoms with Gasteiger partial charge in [0.2, 0.25) is 0 Å². The molecule has 0 aliphatic rings. The molecule has 0 heterocycles. The van der Waals surface area contributed by atoms with E-state index in [1.165, 1.54) is 6.92 Å². The predicted molar refractivity (Wildman–Crippen MR) is 61.8 cm³/mol. The summed E-state index contributed by atoms with van der Waals surface area (Å²) in [6.45, 7) is 3.61. The molecule has 0 bridgehead atoms. The van der Waals surface area contributed by atoms with Crippen molar-refractivity contribution in [2.45, 2.75) is 38.9 Å². The Morgan fingerprint density at radius 1 is 1.38 bits per heavy atom. The summed E-state index contributed by atoms with van der Waals surface area (Å²) in [5.74, 6) is -0.557. The van der Waals surface area contributed by atoms with E-state index in [0.29, 0.717) is 6.42 Å². The molecule has 0 spiro atoms. The molecule has 1 N–H and O–H groups in total. The van der Waals surface area contributed by atoms with Crippen LogP contribution >= 0.6 is 0 Å². The van der Waals surface area contributed by atoms with E-state index in [4.69, 9.17) is 4.74 Å². The van der Waals surface area contributed by atoms with Gasteiger partial charge in [-0.2, -0.15) is 0 Å². The largest absolute Gasteiger partial charge is 0.459 e.